The number of benzene rings is 1. The SMILES string of the molecule is Cc1ncc(C=CCCc2cccc(C)c2C)[nH]1. The van der Waals surface area contributed by atoms with E-state index in [1.165, 1.54) is 16.7 Å². The van der Waals surface area contributed by atoms with E-state index in [2.05, 4.69) is 54.2 Å². The van der Waals surface area contributed by atoms with Gasteiger partial charge in [-0.2, -0.15) is 0 Å². The lowest BCUT2D eigenvalue weighted by Crippen LogP contribution is -1.91. The second-order valence-corrected chi connectivity index (χ2v) is 4.72. The molecule has 1 aromatic heterocycles. The van der Waals surface area contributed by atoms with Crippen LogP contribution in [0.2, 0.25) is 0 Å². The molecule has 0 spiro atoms. The second kappa shape index (κ2) is 5.67. The number of aromatic nitrogens is 2. The summed E-state index contributed by atoms with van der Waals surface area (Å²) in [4.78, 5) is 7.37. The summed E-state index contributed by atoms with van der Waals surface area (Å²) < 4.78 is 0. The van der Waals surface area contributed by atoms with Crippen molar-refractivity contribution < 1.29 is 0 Å². The number of H-pyrrole nitrogens is 1. The van der Waals surface area contributed by atoms with Crippen molar-refractivity contribution in [3.05, 3.63) is 58.7 Å². The Morgan fingerprint density at radius 2 is 2.06 bits per heavy atom. The van der Waals surface area contributed by atoms with Crippen LogP contribution in [0.25, 0.3) is 6.08 Å². The van der Waals surface area contributed by atoms with Crippen LogP contribution in [0.15, 0.2) is 30.5 Å². The molecule has 2 heteroatoms. The number of aromatic amines is 1. The van der Waals surface area contributed by atoms with Crippen LogP contribution >= 0.6 is 0 Å². The highest BCUT2D eigenvalue weighted by molar-refractivity contribution is 5.43. The predicted molar refractivity (Wildman–Crippen MR) is 76.6 cm³/mol. The molecule has 18 heavy (non-hydrogen) atoms. The van der Waals surface area contributed by atoms with Crippen molar-refractivity contribution in [2.24, 2.45) is 0 Å². The summed E-state index contributed by atoms with van der Waals surface area (Å²) in [5.41, 5.74) is 5.32. The van der Waals surface area contributed by atoms with Crippen LogP contribution in [0.4, 0.5) is 0 Å². The number of rotatable bonds is 4. The fourth-order valence-corrected chi connectivity index (χ4v) is 2.06. The molecule has 0 saturated heterocycles. The lowest BCUT2D eigenvalue weighted by molar-refractivity contribution is 0.984. The molecular weight excluding hydrogens is 220 g/mol. The molecule has 0 aliphatic carbocycles. The summed E-state index contributed by atoms with van der Waals surface area (Å²) in [5, 5.41) is 0. The highest BCUT2D eigenvalue weighted by Gasteiger charge is 1.99. The molecule has 2 nitrogen and oxygen atoms in total. The van der Waals surface area contributed by atoms with Crippen LogP contribution in [0, 0.1) is 20.8 Å². The fraction of sp³-hybridized carbons (Fsp3) is 0.312. The monoisotopic (exact) mass is 240 g/mol. The smallest absolute Gasteiger partial charge is 0.103 e. The molecule has 94 valence electrons. The van der Waals surface area contributed by atoms with E-state index in [0.717, 1.165) is 24.4 Å². The third kappa shape index (κ3) is 3.10. The number of nitrogens with one attached hydrogen (secondary N) is 1. The Labute approximate surface area is 109 Å². The Kier molecular flexibility index (Phi) is 3.98. The minimum atomic E-state index is 0.962. The van der Waals surface area contributed by atoms with Crippen molar-refractivity contribution >= 4 is 6.08 Å². The summed E-state index contributed by atoms with van der Waals surface area (Å²) in [7, 11) is 0. The number of nitrogens with zero attached hydrogens (tertiary/aromatic N) is 1. The highest BCUT2D eigenvalue weighted by Crippen LogP contribution is 2.14. The highest BCUT2D eigenvalue weighted by atomic mass is 14.9. The van der Waals surface area contributed by atoms with Crippen molar-refractivity contribution in [1.29, 1.82) is 0 Å². The van der Waals surface area contributed by atoms with Gasteiger partial charge in [0, 0.05) is 0 Å². The zero-order valence-corrected chi connectivity index (χ0v) is 11.3. The largest absolute Gasteiger partial charge is 0.343 e. The normalized spacial score (nSPS) is 11.3. The fourth-order valence-electron chi connectivity index (χ4n) is 2.06. The molecule has 0 aliphatic heterocycles. The van der Waals surface area contributed by atoms with Gasteiger partial charge in [-0.25, -0.2) is 4.98 Å². The van der Waals surface area contributed by atoms with Gasteiger partial charge in [0.05, 0.1) is 11.9 Å². The molecular formula is C16H20N2. The van der Waals surface area contributed by atoms with Gasteiger partial charge in [0.1, 0.15) is 5.82 Å². The number of allylic oxidation sites excluding steroid dienone is 1. The first-order valence-corrected chi connectivity index (χ1v) is 6.40. The lowest BCUT2D eigenvalue weighted by Gasteiger charge is -2.06. The minimum Gasteiger partial charge on any atom is -0.343 e. The van der Waals surface area contributed by atoms with Crippen molar-refractivity contribution in [3.8, 4) is 0 Å². The molecule has 0 atom stereocenters. The Bertz CT molecular complexity index is 550. The van der Waals surface area contributed by atoms with Crippen molar-refractivity contribution in [3.63, 3.8) is 0 Å². The van der Waals surface area contributed by atoms with Crippen molar-refractivity contribution in [2.75, 3.05) is 0 Å². The quantitative estimate of drug-likeness (QED) is 0.860. The van der Waals surface area contributed by atoms with Crippen molar-refractivity contribution in [1.82, 2.24) is 9.97 Å². The van der Waals surface area contributed by atoms with Gasteiger partial charge < -0.3 is 4.98 Å². The third-order valence-electron chi connectivity index (χ3n) is 3.32. The molecule has 1 heterocycles. The average Bonchev–Trinajstić information content (AvgIpc) is 2.76. The maximum absolute atomic E-state index is 4.17. The molecule has 2 rings (SSSR count). The van der Waals surface area contributed by atoms with E-state index >= 15 is 0 Å². The Morgan fingerprint density at radius 3 is 2.78 bits per heavy atom. The molecule has 0 amide bonds. The first-order valence-electron chi connectivity index (χ1n) is 6.40. The van der Waals surface area contributed by atoms with Crippen molar-refractivity contribution in [2.45, 2.75) is 33.6 Å². The van der Waals surface area contributed by atoms with E-state index in [4.69, 9.17) is 0 Å². The zero-order valence-electron chi connectivity index (χ0n) is 11.3. The van der Waals surface area contributed by atoms with Gasteiger partial charge in [0.25, 0.3) is 0 Å². The summed E-state index contributed by atoms with van der Waals surface area (Å²) >= 11 is 0. The molecule has 1 aromatic carbocycles. The van der Waals surface area contributed by atoms with Crippen LogP contribution in [-0.2, 0) is 6.42 Å². The summed E-state index contributed by atoms with van der Waals surface area (Å²) in [5.74, 6) is 0.962. The second-order valence-electron chi connectivity index (χ2n) is 4.72. The standard InChI is InChI=1S/C16H20N2/c1-12-7-6-9-15(13(12)2)8-4-5-10-16-11-17-14(3)18-16/h5-7,9-11H,4,8H2,1-3H3,(H,17,18). The first kappa shape index (κ1) is 12.6. The Hall–Kier alpha value is -1.83. The number of hydrogen-bond acceptors (Lipinski definition) is 1. The number of imidazole rings is 1. The molecule has 0 bridgehead atoms. The molecule has 0 aliphatic rings. The van der Waals surface area contributed by atoms with Gasteiger partial charge in [-0.3, -0.25) is 0 Å². The summed E-state index contributed by atoms with van der Waals surface area (Å²) in [6.07, 6.45) is 8.32. The number of hydrogen-bond donors (Lipinski definition) is 1. The first-order chi connectivity index (χ1) is 8.66. The van der Waals surface area contributed by atoms with Gasteiger partial charge in [-0.1, -0.05) is 24.3 Å². The number of aryl methyl sites for hydroxylation is 3. The average molecular weight is 240 g/mol. The van der Waals surface area contributed by atoms with E-state index in [1.54, 1.807) is 0 Å². The molecule has 0 radical (unpaired) electrons. The van der Waals surface area contributed by atoms with Gasteiger partial charge in [-0.15, -0.1) is 0 Å². The maximum atomic E-state index is 4.17. The maximum Gasteiger partial charge on any atom is 0.103 e. The molecule has 2 aromatic rings. The van der Waals surface area contributed by atoms with E-state index in [0.29, 0.717) is 0 Å². The molecule has 0 fully saturated rings. The summed E-state index contributed by atoms with van der Waals surface area (Å²) in [6.45, 7) is 6.34. The predicted octanol–water partition coefficient (Wildman–Crippen LogP) is 3.98. The van der Waals surface area contributed by atoms with Crippen LogP contribution in [0.3, 0.4) is 0 Å². The molecule has 0 saturated carbocycles. The van der Waals surface area contributed by atoms with Gasteiger partial charge in [-0.05, 0) is 56.4 Å². The summed E-state index contributed by atoms with van der Waals surface area (Å²) in [6, 6.07) is 6.53. The molecule has 1 N–H and O–H groups in total. The van der Waals surface area contributed by atoms with Gasteiger partial charge in [0.15, 0.2) is 0 Å². The minimum absolute atomic E-state index is 0.962. The van der Waals surface area contributed by atoms with E-state index < -0.39 is 0 Å². The van der Waals surface area contributed by atoms with Crippen LogP contribution in [0.5, 0.6) is 0 Å². The Balaban J connectivity index is 1.92. The van der Waals surface area contributed by atoms with Crippen LogP contribution < -0.4 is 0 Å². The van der Waals surface area contributed by atoms with E-state index in [9.17, 15) is 0 Å². The van der Waals surface area contributed by atoms with E-state index in [1.807, 2.05) is 13.1 Å². The van der Waals surface area contributed by atoms with Crippen LogP contribution in [0.1, 0.15) is 34.6 Å². The third-order valence-corrected chi connectivity index (χ3v) is 3.32. The van der Waals surface area contributed by atoms with Gasteiger partial charge in [0.2, 0.25) is 0 Å². The topological polar surface area (TPSA) is 28.7 Å². The molecule has 0 unspecified atom stereocenters. The van der Waals surface area contributed by atoms with Crippen LogP contribution in [-0.4, -0.2) is 9.97 Å². The zero-order chi connectivity index (χ0) is 13.0. The van der Waals surface area contributed by atoms with Gasteiger partial charge >= 0.3 is 0 Å². The lowest BCUT2D eigenvalue weighted by atomic mass is 10.00. The van der Waals surface area contributed by atoms with E-state index in [-0.39, 0.29) is 0 Å². The Morgan fingerprint density at radius 1 is 1.22 bits per heavy atom.